The molecule has 0 N–H and O–H groups in total. The van der Waals surface area contributed by atoms with Crippen molar-refractivity contribution in [3.8, 4) is 5.75 Å². The minimum Gasteiger partial charge on any atom is -0.490 e. The highest BCUT2D eigenvalue weighted by molar-refractivity contribution is 5.95. The molecular formula is C25H33N3O3. The zero-order chi connectivity index (χ0) is 22.4. The molecule has 1 aliphatic rings. The average Bonchev–Trinajstić information content (AvgIpc) is 2.77. The molecule has 0 aromatic heterocycles. The number of piperidine rings is 1. The number of carbonyl (C=O) groups excluding carboxylic acids is 2. The molecule has 2 aromatic carbocycles. The van der Waals surface area contributed by atoms with E-state index in [0.717, 1.165) is 30.5 Å². The van der Waals surface area contributed by atoms with Gasteiger partial charge in [-0.3, -0.25) is 9.59 Å². The Morgan fingerprint density at radius 2 is 1.65 bits per heavy atom. The first kappa shape index (κ1) is 22.8. The van der Waals surface area contributed by atoms with Crippen molar-refractivity contribution in [2.24, 2.45) is 0 Å². The van der Waals surface area contributed by atoms with Gasteiger partial charge in [-0.05, 0) is 51.4 Å². The molecular weight excluding hydrogens is 390 g/mol. The van der Waals surface area contributed by atoms with E-state index in [0.29, 0.717) is 30.9 Å². The van der Waals surface area contributed by atoms with E-state index < -0.39 is 0 Å². The number of rotatable bonds is 7. The number of likely N-dealkylation sites (N-methyl/N-ethyl adjacent to an activating group) is 2. The van der Waals surface area contributed by atoms with E-state index in [1.54, 1.807) is 4.90 Å². The number of aryl methyl sites for hydroxylation is 1. The largest absolute Gasteiger partial charge is 0.490 e. The van der Waals surface area contributed by atoms with Gasteiger partial charge in [0.1, 0.15) is 11.9 Å². The lowest BCUT2D eigenvalue weighted by molar-refractivity contribution is 0.0594. The van der Waals surface area contributed by atoms with Gasteiger partial charge in [0.25, 0.3) is 11.8 Å². The van der Waals surface area contributed by atoms with Crippen LogP contribution in [0.25, 0.3) is 0 Å². The topological polar surface area (TPSA) is 53.1 Å². The number of hydrogen-bond donors (Lipinski definition) is 0. The van der Waals surface area contributed by atoms with E-state index in [-0.39, 0.29) is 17.9 Å². The summed E-state index contributed by atoms with van der Waals surface area (Å²) in [6, 6.07) is 15.1. The quantitative estimate of drug-likeness (QED) is 0.686. The lowest BCUT2D eigenvalue weighted by atomic mass is 10.1. The normalized spacial score (nSPS) is 14.5. The number of carbonyl (C=O) groups is 2. The smallest absolute Gasteiger partial charge is 0.253 e. The van der Waals surface area contributed by atoms with Crippen LogP contribution in [-0.2, 0) is 0 Å². The van der Waals surface area contributed by atoms with Crippen LogP contribution in [0.3, 0.4) is 0 Å². The van der Waals surface area contributed by atoms with Gasteiger partial charge in [-0.25, -0.2) is 0 Å². The van der Waals surface area contributed by atoms with Crippen molar-refractivity contribution in [3.05, 3.63) is 65.2 Å². The van der Waals surface area contributed by atoms with Gasteiger partial charge in [0.2, 0.25) is 0 Å². The second kappa shape index (κ2) is 10.4. The van der Waals surface area contributed by atoms with Crippen molar-refractivity contribution in [2.75, 3.05) is 47.3 Å². The molecule has 2 amide bonds. The molecule has 0 saturated carbocycles. The van der Waals surface area contributed by atoms with Crippen molar-refractivity contribution in [3.63, 3.8) is 0 Å². The van der Waals surface area contributed by atoms with Crippen LogP contribution in [0.4, 0.5) is 0 Å². The van der Waals surface area contributed by atoms with Crippen LogP contribution in [0.5, 0.6) is 5.75 Å². The molecule has 31 heavy (non-hydrogen) atoms. The highest BCUT2D eigenvalue weighted by atomic mass is 16.5. The Labute approximate surface area is 185 Å². The lowest BCUT2D eigenvalue weighted by Crippen LogP contribution is -2.41. The van der Waals surface area contributed by atoms with Gasteiger partial charge >= 0.3 is 0 Å². The molecule has 0 spiro atoms. The molecule has 6 heteroatoms. The van der Waals surface area contributed by atoms with Crippen LogP contribution in [0.2, 0.25) is 0 Å². The van der Waals surface area contributed by atoms with Crippen LogP contribution >= 0.6 is 0 Å². The van der Waals surface area contributed by atoms with Gasteiger partial charge in [-0.15, -0.1) is 0 Å². The summed E-state index contributed by atoms with van der Waals surface area (Å²) >= 11 is 0. The Kier molecular flexibility index (Phi) is 7.69. The number of likely N-dealkylation sites (tertiary alicyclic amines) is 1. The molecule has 0 radical (unpaired) electrons. The molecule has 1 saturated heterocycles. The lowest BCUT2D eigenvalue weighted by Gasteiger charge is -2.32. The standard InChI is InChI=1S/C25H33N3O3/c1-19-8-10-20(11-9-19)25(30)28-14-12-22(13-15-28)31-23-7-5-6-21(18-23)24(29)27(4)17-16-26(2)3/h5-11,18,22H,12-17H2,1-4H3. The third-order valence-corrected chi connectivity index (χ3v) is 5.64. The Morgan fingerprint density at radius 3 is 2.29 bits per heavy atom. The van der Waals surface area contributed by atoms with Crippen molar-refractivity contribution >= 4 is 11.8 Å². The first-order valence-electron chi connectivity index (χ1n) is 10.9. The minimum atomic E-state index is -0.00851. The second-order valence-corrected chi connectivity index (χ2v) is 8.53. The fourth-order valence-electron chi connectivity index (χ4n) is 3.62. The molecule has 2 aromatic rings. The Balaban J connectivity index is 1.53. The van der Waals surface area contributed by atoms with Crippen molar-refractivity contribution in [1.29, 1.82) is 0 Å². The molecule has 0 aliphatic carbocycles. The molecule has 3 rings (SSSR count). The summed E-state index contributed by atoms with van der Waals surface area (Å²) in [7, 11) is 5.80. The monoisotopic (exact) mass is 423 g/mol. The molecule has 0 bridgehead atoms. The SMILES string of the molecule is Cc1ccc(C(=O)N2CCC(Oc3cccc(C(=O)N(C)CCN(C)C)c3)CC2)cc1. The molecule has 0 atom stereocenters. The van der Waals surface area contributed by atoms with Crippen molar-refractivity contribution in [2.45, 2.75) is 25.9 Å². The van der Waals surface area contributed by atoms with Crippen LogP contribution in [0.1, 0.15) is 39.1 Å². The summed E-state index contributed by atoms with van der Waals surface area (Å²) in [5.41, 5.74) is 2.51. The number of amides is 2. The van der Waals surface area contributed by atoms with E-state index in [1.165, 1.54) is 0 Å². The van der Waals surface area contributed by atoms with Gasteiger partial charge < -0.3 is 19.4 Å². The number of benzene rings is 2. The van der Waals surface area contributed by atoms with Gasteiger partial charge in [0.15, 0.2) is 0 Å². The van der Waals surface area contributed by atoms with E-state index in [9.17, 15) is 9.59 Å². The minimum absolute atomic E-state index is 0.00851. The first-order chi connectivity index (χ1) is 14.8. The fourth-order valence-corrected chi connectivity index (χ4v) is 3.62. The third kappa shape index (κ3) is 6.31. The van der Waals surface area contributed by atoms with Crippen molar-refractivity contribution in [1.82, 2.24) is 14.7 Å². The van der Waals surface area contributed by atoms with E-state index >= 15 is 0 Å². The highest BCUT2D eigenvalue weighted by Gasteiger charge is 2.25. The van der Waals surface area contributed by atoms with Crippen LogP contribution in [0, 0.1) is 6.92 Å². The van der Waals surface area contributed by atoms with Crippen molar-refractivity contribution < 1.29 is 14.3 Å². The van der Waals surface area contributed by atoms with Crippen LogP contribution in [0.15, 0.2) is 48.5 Å². The zero-order valence-electron chi connectivity index (χ0n) is 19.0. The maximum Gasteiger partial charge on any atom is 0.253 e. The molecule has 1 heterocycles. The fraction of sp³-hybridized carbons (Fsp3) is 0.440. The van der Waals surface area contributed by atoms with Crippen LogP contribution in [-0.4, -0.2) is 79.9 Å². The highest BCUT2D eigenvalue weighted by Crippen LogP contribution is 2.22. The molecule has 0 unspecified atom stereocenters. The molecule has 1 fully saturated rings. The number of ether oxygens (including phenoxy) is 1. The average molecular weight is 424 g/mol. The summed E-state index contributed by atoms with van der Waals surface area (Å²) < 4.78 is 6.16. The van der Waals surface area contributed by atoms with E-state index in [4.69, 9.17) is 4.74 Å². The maximum atomic E-state index is 12.7. The Morgan fingerprint density at radius 1 is 0.968 bits per heavy atom. The van der Waals surface area contributed by atoms with E-state index in [1.807, 2.05) is 81.5 Å². The molecule has 1 aliphatic heterocycles. The van der Waals surface area contributed by atoms with E-state index in [2.05, 4.69) is 4.90 Å². The van der Waals surface area contributed by atoms with Gasteiger partial charge in [0, 0.05) is 57.2 Å². The summed E-state index contributed by atoms with van der Waals surface area (Å²) in [5.74, 6) is 0.771. The molecule has 166 valence electrons. The van der Waals surface area contributed by atoms with Crippen LogP contribution < -0.4 is 4.74 Å². The predicted octanol–water partition coefficient (Wildman–Crippen LogP) is 3.31. The number of hydrogen-bond acceptors (Lipinski definition) is 4. The third-order valence-electron chi connectivity index (χ3n) is 5.64. The Hall–Kier alpha value is -2.86. The van der Waals surface area contributed by atoms with Gasteiger partial charge in [0.05, 0.1) is 0 Å². The second-order valence-electron chi connectivity index (χ2n) is 8.53. The first-order valence-corrected chi connectivity index (χ1v) is 10.9. The summed E-state index contributed by atoms with van der Waals surface area (Å²) in [6.45, 7) is 4.84. The maximum absolute atomic E-state index is 12.7. The van der Waals surface area contributed by atoms with Gasteiger partial charge in [-0.1, -0.05) is 23.8 Å². The Bertz CT molecular complexity index is 887. The zero-order valence-corrected chi connectivity index (χ0v) is 19.0. The predicted molar refractivity (Wildman–Crippen MR) is 123 cm³/mol. The summed E-state index contributed by atoms with van der Waals surface area (Å²) in [4.78, 5) is 31.1. The summed E-state index contributed by atoms with van der Waals surface area (Å²) in [5, 5.41) is 0. The van der Waals surface area contributed by atoms with Gasteiger partial charge in [-0.2, -0.15) is 0 Å². The summed E-state index contributed by atoms with van der Waals surface area (Å²) in [6.07, 6.45) is 1.59. The number of nitrogens with zero attached hydrogens (tertiary/aromatic N) is 3. The molecule has 6 nitrogen and oxygen atoms in total.